The summed E-state index contributed by atoms with van der Waals surface area (Å²) in [7, 11) is 0. The molecule has 0 fully saturated rings. The van der Waals surface area contributed by atoms with E-state index in [1.165, 1.54) is 6.07 Å². The van der Waals surface area contributed by atoms with Gasteiger partial charge >= 0.3 is 5.97 Å². The Morgan fingerprint density at radius 1 is 1.54 bits per heavy atom. The zero-order valence-corrected chi connectivity index (χ0v) is 6.73. The molecule has 0 spiro atoms. The molecule has 4 nitrogen and oxygen atoms in total. The molecular formula is C9H8O4. The van der Waals surface area contributed by atoms with Gasteiger partial charge in [-0.2, -0.15) is 0 Å². The summed E-state index contributed by atoms with van der Waals surface area (Å²) < 4.78 is 5.11. The summed E-state index contributed by atoms with van der Waals surface area (Å²) in [6.07, 6.45) is 0. The van der Waals surface area contributed by atoms with Gasteiger partial charge in [0, 0.05) is 0 Å². The molecule has 0 aromatic heterocycles. The zero-order chi connectivity index (χ0) is 9.42. The molecule has 0 bridgehead atoms. The van der Waals surface area contributed by atoms with Crippen LogP contribution in [0.5, 0.6) is 11.5 Å². The van der Waals surface area contributed by atoms with Crippen LogP contribution in [0.3, 0.4) is 0 Å². The summed E-state index contributed by atoms with van der Waals surface area (Å²) in [4.78, 5) is 10.7. The predicted octanol–water partition coefficient (Wildman–Crippen LogP) is 0.953. The Morgan fingerprint density at radius 3 is 3.00 bits per heavy atom. The van der Waals surface area contributed by atoms with Crippen molar-refractivity contribution in [3.8, 4) is 11.5 Å². The first-order valence-electron chi connectivity index (χ1n) is 3.87. The Labute approximate surface area is 74.4 Å². The highest BCUT2D eigenvalue weighted by Crippen LogP contribution is 2.39. The van der Waals surface area contributed by atoms with Crippen molar-refractivity contribution in [3.05, 3.63) is 23.8 Å². The molecule has 0 amide bonds. The van der Waals surface area contributed by atoms with E-state index in [2.05, 4.69) is 0 Å². The Morgan fingerprint density at radius 2 is 2.31 bits per heavy atom. The largest absolute Gasteiger partial charge is 0.508 e. The topological polar surface area (TPSA) is 66.8 Å². The standard InChI is InChI=1S/C9H8O4/c10-6-2-1-3-7-8(6)5(4-13-7)9(11)12/h1-3,5,10H,4H2,(H,11,12). The summed E-state index contributed by atoms with van der Waals surface area (Å²) in [5.74, 6) is -1.26. The van der Waals surface area contributed by atoms with Gasteiger partial charge in [-0.3, -0.25) is 4.79 Å². The van der Waals surface area contributed by atoms with Crippen LogP contribution in [0.1, 0.15) is 11.5 Å². The zero-order valence-electron chi connectivity index (χ0n) is 6.73. The van der Waals surface area contributed by atoms with Crippen LogP contribution < -0.4 is 4.74 Å². The third kappa shape index (κ3) is 1.11. The first-order valence-corrected chi connectivity index (χ1v) is 3.87. The van der Waals surface area contributed by atoms with Gasteiger partial charge in [0.05, 0.1) is 5.56 Å². The summed E-state index contributed by atoms with van der Waals surface area (Å²) in [5, 5.41) is 18.2. The lowest BCUT2D eigenvalue weighted by atomic mass is 10.0. The van der Waals surface area contributed by atoms with E-state index < -0.39 is 11.9 Å². The van der Waals surface area contributed by atoms with Crippen LogP contribution in [-0.2, 0) is 4.79 Å². The quantitative estimate of drug-likeness (QED) is 0.675. The van der Waals surface area contributed by atoms with E-state index in [0.717, 1.165) is 0 Å². The summed E-state index contributed by atoms with van der Waals surface area (Å²) in [5.41, 5.74) is 0.384. The number of hydrogen-bond acceptors (Lipinski definition) is 3. The predicted molar refractivity (Wildman–Crippen MR) is 44.0 cm³/mol. The summed E-state index contributed by atoms with van der Waals surface area (Å²) in [6, 6.07) is 4.74. The maximum Gasteiger partial charge on any atom is 0.314 e. The van der Waals surface area contributed by atoms with E-state index in [-0.39, 0.29) is 12.4 Å². The van der Waals surface area contributed by atoms with Crippen LogP contribution in [-0.4, -0.2) is 22.8 Å². The molecule has 1 heterocycles. The minimum atomic E-state index is -0.972. The fourth-order valence-corrected chi connectivity index (χ4v) is 1.46. The van der Waals surface area contributed by atoms with E-state index in [0.29, 0.717) is 11.3 Å². The molecule has 1 atom stereocenters. The third-order valence-corrected chi connectivity index (χ3v) is 2.10. The van der Waals surface area contributed by atoms with Crippen molar-refractivity contribution < 1.29 is 19.7 Å². The summed E-state index contributed by atoms with van der Waals surface area (Å²) in [6.45, 7) is 0.0994. The van der Waals surface area contributed by atoms with Crippen LogP contribution in [0, 0.1) is 0 Å². The number of aliphatic carboxylic acids is 1. The number of carboxylic acids is 1. The van der Waals surface area contributed by atoms with Gasteiger partial charge < -0.3 is 14.9 Å². The number of carbonyl (C=O) groups is 1. The fourth-order valence-electron chi connectivity index (χ4n) is 1.46. The molecular weight excluding hydrogens is 172 g/mol. The molecule has 68 valence electrons. The minimum Gasteiger partial charge on any atom is -0.508 e. The first-order chi connectivity index (χ1) is 6.20. The SMILES string of the molecule is O=C(O)C1COc2cccc(O)c21. The number of carboxylic acid groups (broad SMARTS) is 1. The average molecular weight is 180 g/mol. The van der Waals surface area contributed by atoms with Crippen molar-refractivity contribution in [1.82, 2.24) is 0 Å². The number of phenolic OH excluding ortho intramolecular Hbond substituents is 1. The number of ether oxygens (including phenoxy) is 1. The van der Waals surface area contributed by atoms with E-state index in [1.54, 1.807) is 12.1 Å². The van der Waals surface area contributed by atoms with Gasteiger partial charge in [0.25, 0.3) is 0 Å². The van der Waals surface area contributed by atoms with Crippen LogP contribution in [0.15, 0.2) is 18.2 Å². The molecule has 0 aliphatic carbocycles. The normalized spacial score (nSPS) is 19.2. The molecule has 2 N–H and O–H groups in total. The minimum absolute atomic E-state index is 0.0117. The maximum atomic E-state index is 10.7. The summed E-state index contributed by atoms with van der Waals surface area (Å²) >= 11 is 0. The highest BCUT2D eigenvalue weighted by Gasteiger charge is 2.32. The number of rotatable bonds is 1. The third-order valence-electron chi connectivity index (χ3n) is 2.10. The molecule has 0 radical (unpaired) electrons. The van der Waals surface area contributed by atoms with Gasteiger partial charge in [-0.15, -0.1) is 0 Å². The van der Waals surface area contributed by atoms with Crippen molar-refractivity contribution in [2.24, 2.45) is 0 Å². The lowest BCUT2D eigenvalue weighted by Gasteiger charge is -2.03. The van der Waals surface area contributed by atoms with Crippen molar-refractivity contribution in [1.29, 1.82) is 0 Å². The van der Waals surface area contributed by atoms with Gasteiger partial charge in [-0.25, -0.2) is 0 Å². The molecule has 0 saturated heterocycles. The number of phenols is 1. The second-order valence-corrected chi connectivity index (χ2v) is 2.89. The van der Waals surface area contributed by atoms with Gasteiger partial charge in [-0.05, 0) is 12.1 Å². The van der Waals surface area contributed by atoms with Crippen LogP contribution in [0.25, 0.3) is 0 Å². The fraction of sp³-hybridized carbons (Fsp3) is 0.222. The van der Waals surface area contributed by atoms with Crippen molar-refractivity contribution in [3.63, 3.8) is 0 Å². The van der Waals surface area contributed by atoms with Gasteiger partial charge in [-0.1, -0.05) is 6.07 Å². The van der Waals surface area contributed by atoms with Crippen LogP contribution in [0.4, 0.5) is 0 Å². The average Bonchev–Trinajstić information content (AvgIpc) is 2.49. The Kier molecular flexibility index (Phi) is 1.62. The maximum absolute atomic E-state index is 10.7. The van der Waals surface area contributed by atoms with E-state index in [1.807, 2.05) is 0 Å². The molecule has 1 unspecified atom stereocenters. The number of benzene rings is 1. The molecule has 4 heteroatoms. The van der Waals surface area contributed by atoms with Crippen molar-refractivity contribution in [2.75, 3.05) is 6.61 Å². The van der Waals surface area contributed by atoms with Crippen LogP contribution >= 0.6 is 0 Å². The van der Waals surface area contributed by atoms with Gasteiger partial charge in [0.15, 0.2) is 0 Å². The smallest absolute Gasteiger partial charge is 0.314 e. The first kappa shape index (κ1) is 7.91. The van der Waals surface area contributed by atoms with Crippen molar-refractivity contribution >= 4 is 5.97 Å². The van der Waals surface area contributed by atoms with E-state index in [9.17, 15) is 9.90 Å². The number of aromatic hydroxyl groups is 1. The molecule has 1 aliphatic heterocycles. The second-order valence-electron chi connectivity index (χ2n) is 2.89. The van der Waals surface area contributed by atoms with Gasteiger partial charge in [0.1, 0.15) is 24.0 Å². The van der Waals surface area contributed by atoms with Crippen LogP contribution in [0.2, 0.25) is 0 Å². The van der Waals surface area contributed by atoms with E-state index in [4.69, 9.17) is 9.84 Å². The monoisotopic (exact) mass is 180 g/mol. The molecule has 0 saturated carbocycles. The van der Waals surface area contributed by atoms with E-state index >= 15 is 0 Å². The number of hydrogen-bond donors (Lipinski definition) is 2. The molecule has 1 aromatic carbocycles. The van der Waals surface area contributed by atoms with Crippen molar-refractivity contribution in [2.45, 2.75) is 5.92 Å². The highest BCUT2D eigenvalue weighted by atomic mass is 16.5. The Balaban J connectivity index is 2.52. The Hall–Kier alpha value is -1.71. The Bertz CT molecular complexity index is 359. The van der Waals surface area contributed by atoms with Gasteiger partial charge in [0.2, 0.25) is 0 Å². The lowest BCUT2D eigenvalue weighted by molar-refractivity contribution is -0.139. The molecule has 1 aromatic rings. The lowest BCUT2D eigenvalue weighted by Crippen LogP contribution is -2.12. The second kappa shape index (κ2) is 2.65. The number of fused-ring (bicyclic) bond motifs is 1. The molecule has 2 rings (SSSR count). The molecule has 1 aliphatic rings. The highest BCUT2D eigenvalue weighted by molar-refractivity contribution is 5.80. The molecule has 13 heavy (non-hydrogen) atoms.